The van der Waals surface area contributed by atoms with Crippen molar-refractivity contribution in [2.45, 2.75) is 44.8 Å². The van der Waals surface area contributed by atoms with Crippen LogP contribution in [0.5, 0.6) is 0 Å². The molecule has 26 heavy (non-hydrogen) atoms. The van der Waals surface area contributed by atoms with E-state index in [0.29, 0.717) is 12.2 Å². The van der Waals surface area contributed by atoms with Crippen LogP contribution >= 0.6 is 0 Å². The van der Waals surface area contributed by atoms with Crippen LogP contribution in [-0.2, 0) is 4.79 Å². The smallest absolute Gasteiger partial charge is 0.272 e. The lowest BCUT2D eigenvalue weighted by atomic mass is 9.98. The van der Waals surface area contributed by atoms with Gasteiger partial charge in [0.2, 0.25) is 5.91 Å². The lowest BCUT2D eigenvalue weighted by Crippen LogP contribution is -2.54. The SMILES string of the molecule is C=Cn1nccc1C(=O)N1CC(NC(=O)[C@H](C)n2cnnn2)CCC1C. The molecule has 138 valence electrons. The van der Waals surface area contributed by atoms with Crippen LogP contribution in [0.1, 0.15) is 43.2 Å². The molecular weight excluding hydrogens is 336 g/mol. The number of piperidine rings is 1. The van der Waals surface area contributed by atoms with Gasteiger partial charge in [0.05, 0.1) is 6.20 Å². The van der Waals surface area contributed by atoms with Crippen molar-refractivity contribution in [3.8, 4) is 0 Å². The van der Waals surface area contributed by atoms with E-state index in [4.69, 9.17) is 0 Å². The molecule has 0 aromatic carbocycles. The topological polar surface area (TPSA) is 111 Å². The average Bonchev–Trinajstić information content (AvgIpc) is 3.33. The molecule has 1 aliphatic heterocycles. The highest BCUT2D eigenvalue weighted by Gasteiger charge is 2.32. The number of carbonyl (C=O) groups is 2. The minimum atomic E-state index is -0.518. The highest BCUT2D eigenvalue weighted by atomic mass is 16.2. The Hall–Kier alpha value is -3.04. The van der Waals surface area contributed by atoms with Crippen LogP contribution in [0.2, 0.25) is 0 Å². The molecular formula is C16H22N8O2. The number of nitrogens with zero attached hydrogens (tertiary/aromatic N) is 7. The lowest BCUT2D eigenvalue weighted by molar-refractivity contribution is -0.125. The van der Waals surface area contributed by atoms with Gasteiger partial charge in [-0.05, 0) is 43.2 Å². The van der Waals surface area contributed by atoms with Gasteiger partial charge in [0.15, 0.2) is 0 Å². The standard InChI is InChI=1S/C16H22N8O2/c1-4-23-14(7-8-18-23)16(26)22-9-13(6-5-11(22)2)19-15(25)12(3)24-10-17-20-21-24/h4,7-8,10-13H,1,5-6,9H2,2-3H3,(H,19,25)/t11?,12-,13?/m0/s1. The van der Waals surface area contributed by atoms with E-state index in [2.05, 4.69) is 32.5 Å². The number of rotatable bonds is 5. The largest absolute Gasteiger partial charge is 0.350 e. The molecule has 2 aromatic rings. The summed E-state index contributed by atoms with van der Waals surface area (Å²) in [5.74, 6) is -0.303. The molecule has 0 spiro atoms. The summed E-state index contributed by atoms with van der Waals surface area (Å²) in [5.41, 5.74) is 0.459. The number of likely N-dealkylation sites (tertiary alicyclic amines) is 1. The molecule has 0 saturated carbocycles. The highest BCUT2D eigenvalue weighted by Crippen LogP contribution is 2.20. The third-order valence-electron chi connectivity index (χ3n) is 4.69. The lowest BCUT2D eigenvalue weighted by Gasteiger charge is -2.38. The first kappa shape index (κ1) is 17.8. The monoisotopic (exact) mass is 358 g/mol. The third-order valence-corrected chi connectivity index (χ3v) is 4.69. The minimum absolute atomic E-state index is 0.0840. The van der Waals surface area contributed by atoms with E-state index < -0.39 is 6.04 Å². The average molecular weight is 358 g/mol. The van der Waals surface area contributed by atoms with E-state index in [1.807, 2.05) is 6.92 Å². The maximum atomic E-state index is 12.9. The fourth-order valence-electron chi connectivity index (χ4n) is 3.07. The van der Waals surface area contributed by atoms with Gasteiger partial charge in [0, 0.05) is 24.8 Å². The summed E-state index contributed by atoms with van der Waals surface area (Å²) in [6.45, 7) is 7.84. The zero-order valence-corrected chi connectivity index (χ0v) is 14.8. The van der Waals surface area contributed by atoms with Gasteiger partial charge in [-0.15, -0.1) is 5.10 Å². The maximum Gasteiger partial charge on any atom is 0.272 e. The predicted molar refractivity (Wildman–Crippen MR) is 92.8 cm³/mol. The first-order valence-corrected chi connectivity index (χ1v) is 8.51. The molecule has 0 bridgehead atoms. The summed E-state index contributed by atoms with van der Waals surface area (Å²) < 4.78 is 2.85. The number of tetrazole rings is 1. The van der Waals surface area contributed by atoms with E-state index in [1.165, 1.54) is 21.9 Å². The summed E-state index contributed by atoms with van der Waals surface area (Å²) in [7, 11) is 0. The quantitative estimate of drug-likeness (QED) is 0.825. The van der Waals surface area contributed by atoms with Gasteiger partial charge in [-0.25, -0.2) is 9.36 Å². The normalized spacial score (nSPS) is 21.2. The Morgan fingerprint density at radius 3 is 2.92 bits per heavy atom. The van der Waals surface area contributed by atoms with Crippen molar-refractivity contribution >= 4 is 18.0 Å². The second-order valence-corrected chi connectivity index (χ2v) is 6.40. The van der Waals surface area contributed by atoms with Gasteiger partial charge >= 0.3 is 0 Å². The van der Waals surface area contributed by atoms with Crippen molar-refractivity contribution in [2.24, 2.45) is 0 Å². The van der Waals surface area contributed by atoms with Crippen LogP contribution in [0, 0.1) is 0 Å². The minimum Gasteiger partial charge on any atom is -0.350 e. The zero-order chi connectivity index (χ0) is 18.7. The second-order valence-electron chi connectivity index (χ2n) is 6.40. The summed E-state index contributed by atoms with van der Waals surface area (Å²) in [4.78, 5) is 27.1. The second kappa shape index (κ2) is 7.46. The van der Waals surface area contributed by atoms with Crippen molar-refractivity contribution in [3.63, 3.8) is 0 Å². The van der Waals surface area contributed by atoms with Crippen LogP contribution in [0.4, 0.5) is 0 Å². The van der Waals surface area contributed by atoms with Gasteiger partial charge in [-0.2, -0.15) is 5.10 Å². The number of hydrogen-bond acceptors (Lipinski definition) is 6. The Morgan fingerprint density at radius 2 is 2.23 bits per heavy atom. The zero-order valence-electron chi connectivity index (χ0n) is 14.8. The van der Waals surface area contributed by atoms with Gasteiger partial charge in [0.1, 0.15) is 18.1 Å². The van der Waals surface area contributed by atoms with Crippen molar-refractivity contribution < 1.29 is 9.59 Å². The first-order chi connectivity index (χ1) is 12.5. The van der Waals surface area contributed by atoms with E-state index in [-0.39, 0.29) is 23.9 Å². The molecule has 0 radical (unpaired) electrons. The number of hydrogen-bond donors (Lipinski definition) is 1. The molecule has 1 aliphatic rings. The molecule has 3 atom stereocenters. The Balaban J connectivity index is 1.67. The molecule has 2 amide bonds. The van der Waals surface area contributed by atoms with Crippen LogP contribution < -0.4 is 5.32 Å². The number of aromatic nitrogens is 6. The van der Waals surface area contributed by atoms with E-state index in [0.717, 1.165) is 12.8 Å². The van der Waals surface area contributed by atoms with Gasteiger partial charge in [0.25, 0.3) is 5.91 Å². The van der Waals surface area contributed by atoms with E-state index in [1.54, 1.807) is 24.1 Å². The predicted octanol–water partition coefficient (Wildman–Crippen LogP) is 0.341. The molecule has 2 unspecified atom stereocenters. The van der Waals surface area contributed by atoms with Gasteiger partial charge in [-0.1, -0.05) is 6.58 Å². The summed E-state index contributed by atoms with van der Waals surface area (Å²) >= 11 is 0. The molecule has 3 heterocycles. The summed E-state index contributed by atoms with van der Waals surface area (Å²) in [5, 5.41) is 17.9. The van der Waals surface area contributed by atoms with Crippen molar-refractivity contribution in [1.29, 1.82) is 0 Å². The highest BCUT2D eigenvalue weighted by molar-refractivity contribution is 5.93. The molecule has 1 fully saturated rings. The fraction of sp³-hybridized carbons (Fsp3) is 0.500. The molecule has 0 aliphatic carbocycles. The third kappa shape index (κ3) is 3.48. The number of carbonyl (C=O) groups excluding carboxylic acids is 2. The van der Waals surface area contributed by atoms with E-state index >= 15 is 0 Å². The molecule has 3 rings (SSSR count). The Labute approximate surface area is 150 Å². The first-order valence-electron chi connectivity index (χ1n) is 8.51. The van der Waals surface area contributed by atoms with Gasteiger partial charge < -0.3 is 10.2 Å². The maximum absolute atomic E-state index is 12.9. The molecule has 1 N–H and O–H groups in total. The van der Waals surface area contributed by atoms with Crippen LogP contribution in [0.3, 0.4) is 0 Å². The van der Waals surface area contributed by atoms with Crippen molar-refractivity contribution in [2.75, 3.05) is 6.54 Å². The summed E-state index contributed by atoms with van der Waals surface area (Å²) in [6, 6.07) is 1.11. The van der Waals surface area contributed by atoms with Crippen molar-refractivity contribution in [3.05, 3.63) is 30.9 Å². The van der Waals surface area contributed by atoms with Crippen LogP contribution in [0.15, 0.2) is 25.2 Å². The van der Waals surface area contributed by atoms with Crippen LogP contribution in [0.25, 0.3) is 6.20 Å². The number of nitrogens with one attached hydrogen (secondary N) is 1. The van der Waals surface area contributed by atoms with E-state index in [9.17, 15) is 9.59 Å². The molecule has 1 saturated heterocycles. The molecule has 10 nitrogen and oxygen atoms in total. The molecule has 10 heteroatoms. The Morgan fingerprint density at radius 1 is 1.42 bits per heavy atom. The Kier molecular flexibility index (Phi) is 5.10. The van der Waals surface area contributed by atoms with Crippen LogP contribution in [-0.4, -0.2) is 65.3 Å². The van der Waals surface area contributed by atoms with Gasteiger partial charge in [-0.3, -0.25) is 9.59 Å². The fourth-order valence-corrected chi connectivity index (χ4v) is 3.07. The Bertz CT molecular complexity index is 784. The van der Waals surface area contributed by atoms with Crippen molar-refractivity contribution in [1.82, 2.24) is 40.2 Å². The molecule has 2 aromatic heterocycles. The number of amides is 2. The summed E-state index contributed by atoms with van der Waals surface area (Å²) in [6.07, 6.45) is 6.07.